The van der Waals surface area contributed by atoms with Crippen molar-refractivity contribution in [3.63, 3.8) is 0 Å². The minimum atomic E-state index is -0.411. The molecule has 5 nitrogen and oxygen atoms in total. The standard InChI is InChI=1S/C15H22BrN3O2/c1-10(2)18-8-11-3-4-12(16)7-13(11)19-5-6-21-9-14(19)15(17)20/h3-4,7,10,14,18H,5-6,8-9H2,1-2H3,(H2,17,20). The normalized spacial score (nSPS) is 19.0. The number of ether oxygens (including phenoxy) is 1. The number of amides is 1. The molecule has 1 amide bonds. The summed E-state index contributed by atoms with van der Waals surface area (Å²) in [5.41, 5.74) is 7.70. The number of carbonyl (C=O) groups is 1. The number of morpholine rings is 1. The number of nitrogens with zero attached hydrogens (tertiary/aromatic N) is 1. The summed E-state index contributed by atoms with van der Waals surface area (Å²) in [6.45, 7) is 6.59. The zero-order chi connectivity index (χ0) is 15.4. The van der Waals surface area contributed by atoms with E-state index in [1.807, 2.05) is 17.0 Å². The number of hydrogen-bond acceptors (Lipinski definition) is 4. The Hall–Kier alpha value is -1.11. The molecule has 116 valence electrons. The van der Waals surface area contributed by atoms with Gasteiger partial charge in [-0.1, -0.05) is 35.8 Å². The highest BCUT2D eigenvalue weighted by Crippen LogP contribution is 2.28. The van der Waals surface area contributed by atoms with Gasteiger partial charge >= 0.3 is 0 Å². The molecule has 0 radical (unpaired) electrons. The Morgan fingerprint density at radius 1 is 1.57 bits per heavy atom. The first-order chi connectivity index (χ1) is 9.99. The second-order valence-electron chi connectivity index (χ2n) is 5.50. The molecule has 1 unspecified atom stereocenters. The number of nitrogens with one attached hydrogen (secondary N) is 1. The number of benzene rings is 1. The number of anilines is 1. The van der Waals surface area contributed by atoms with Crippen molar-refractivity contribution >= 4 is 27.5 Å². The first kappa shape index (κ1) is 16.3. The van der Waals surface area contributed by atoms with Gasteiger partial charge in [0, 0.05) is 29.3 Å². The number of halogens is 1. The molecule has 0 aromatic heterocycles. The fourth-order valence-electron chi connectivity index (χ4n) is 2.40. The molecule has 0 saturated carbocycles. The van der Waals surface area contributed by atoms with E-state index in [0.29, 0.717) is 25.8 Å². The first-order valence-corrected chi connectivity index (χ1v) is 7.94. The Balaban J connectivity index is 2.30. The van der Waals surface area contributed by atoms with Crippen molar-refractivity contribution in [3.8, 4) is 0 Å². The van der Waals surface area contributed by atoms with Gasteiger partial charge in [0.15, 0.2) is 0 Å². The topological polar surface area (TPSA) is 67.6 Å². The summed E-state index contributed by atoms with van der Waals surface area (Å²) in [4.78, 5) is 13.7. The minimum absolute atomic E-state index is 0.346. The fraction of sp³-hybridized carbons (Fsp3) is 0.533. The Morgan fingerprint density at radius 2 is 2.33 bits per heavy atom. The predicted octanol–water partition coefficient (Wildman–Crippen LogP) is 1.64. The van der Waals surface area contributed by atoms with E-state index >= 15 is 0 Å². The highest BCUT2D eigenvalue weighted by Gasteiger charge is 2.29. The van der Waals surface area contributed by atoms with Crippen LogP contribution in [0.4, 0.5) is 5.69 Å². The van der Waals surface area contributed by atoms with Gasteiger partial charge in [0.05, 0.1) is 13.2 Å². The van der Waals surface area contributed by atoms with Crippen molar-refractivity contribution < 1.29 is 9.53 Å². The van der Waals surface area contributed by atoms with Crippen LogP contribution in [0.2, 0.25) is 0 Å². The molecular formula is C15H22BrN3O2. The molecule has 1 aromatic carbocycles. The van der Waals surface area contributed by atoms with Crippen molar-refractivity contribution in [2.45, 2.75) is 32.5 Å². The van der Waals surface area contributed by atoms with E-state index in [2.05, 4.69) is 41.2 Å². The minimum Gasteiger partial charge on any atom is -0.377 e. The summed E-state index contributed by atoms with van der Waals surface area (Å²) in [6.07, 6.45) is 0. The number of rotatable bonds is 5. The maximum absolute atomic E-state index is 11.7. The molecule has 1 atom stereocenters. The van der Waals surface area contributed by atoms with Crippen LogP contribution in [0.3, 0.4) is 0 Å². The van der Waals surface area contributed by atoms with Crippen LogP contribution >= 0.6 is 15.9 Å². The number of nitrogens with two attached hydrogens (primary N) is 1. The van der Waals surface area contributed by atoms with Gasteiger partial charge in [0.2, 0.25) is 5.91 Å². The molecular weight excluding hydrogens is 334 g/mol. The van der Waals surface area contributed by atoms with Gasteiger partial charge in [-0.3, -0.25) is 4.79 Å². The van der Waals surface area contributed by atoms with Crippen molar-refractivity contribution in [2.75, 3.05) is 24.7 Å². The van der Waals surface area contributed by atoms with Crippen LogP contribution in [0.5, 0.6) is 0 Å². The highest BCUT2D eigenvalue weighted by atomic mass is 79.9. The third kappa shape index (κ3) is 4.18. The van der Waals surface area contributed by atoms with E-state index < -0.39 is 6.04 Å². The summed E-state index contributed by atoms with van der Waals surface area (Å²) in [7, 11) is 0. The van der Waals surface area contributed by atoms with Crippen LogP contribution in [0, 0.1) is 0 Å². The molecule has 0 aliphatic carbocycles. The molecule has 1 heterocycles. The fourth-order valence-corrected chi connectivity index (χ4v) is 2.74. The Bertz CT molecular complexity index is 508. The lowest BCUT2D eigenvalue weighted by atomic mass is 10.1. The Labute approximate surface area is 134 Å². The van der Waals surface area contributed by atoms with Crippen molar-refractivity contribution in [1.82, 2.24) is 5.32 Å². The molecule has 1 fully saturated rings. The second-order valence-corrected chi connectivity index (χ2v) is 6.41. The number of carbonyl (C=O) groups excluding carboxylic acids is 1. The maximum atomic E-state index is 11.7. The summed E-state index contributed by atoms with van der Waals surface area (Å²) in [5, 5.41) is 3.42. The summed E-state index contributed by atoms with van der Waals surface area (Å²) < 4.78 is 6.38. The zero-order valence-corrected chi connectivity index (χ0v) is 14.0. The Kier molecular flexibility index (Phi) is 5.61. The average Bonchev–Trinajstić information content (AvgIpc) is 2.45. The van der Waals surface area contributed by atoms with E-state index in [9.17, 15) is 4.79 Å². The lowest BCUT2D eigenvalue weighted by Crippen LogP contribution is -2.53. The number of hydrogen-bond donors (Lipinski definition) is 2. The van der Waals surface area contributed by atoms with Crippen LogP contribution in [0.1, 0.15) is 19.4 Å². The van der Waals surface area contributed by atoms with E-state index in [-0.39, 0.29) is 5.91 Å². The largest absolute Gasteiger partial charge is 0.377 e. The predicted molar refractivity (Wildman–Crippen MR) is 87.3 cm³/mol. The van der Waals surface area contributed by atoms with Gasteiger partial charge in [0.1, 0.15) is 6.04 Å². The first-order valence-electron chi connectivity index (χ1n) is 7.14. The van der Waals surface area contributed by atoms with E-state index in [4.69, 9.17) is 10.5 Å². The Morgan fingerprint density at radius 3 is 3.00 bits per heavy atom. The van der Waals surface area contributed by atoms with Gasteiger partial charge in [-0.05, 0) is 17.7 Å². The molecule has 1 aliphatic rings. The van der Waals surface area contributed by atoms with E-state index in [0.717, 1.165) is 22.3 Å². The van der Waals surface area contributed by atoms with E-state index in [1.165, 1.54) is 0 Å². The van der Waals surface area contributed by atoms with Gasteiger partial charge in [0.25, 0.3) is 0 Å². The zero-order valence-electron chi connectivity index (χ0n) is 12.4. The van der Waals surface area contributed by atoms with E-state index in [1.54, 1.807) is 0 Å². The van der Waals surface area contributed by atoms with Gasteiger partial charge in [-0.15, -0.1) is 0 Å². The van der Waals surface area contributed by atoms with Crippen LogP contribution in [-0.2, 0) is 16.1 Å². The third-order valence-corrected chi connectivity index (χ3v) is 4.01. The lowest BCUT2D eigenvalue weighted by Gasteiger charge is -2.36. The molecule has 1 aromatic rings. The molecule has 1 saturated heterocycles. The summed E-state index contributed by atoms with van der Waals surface area (Å²) in [5.74, 6) is -0.350. The summed E-state index contributed by atoms with van der Waals surface area (Å²) in [6, 6.07) is 6.12. The molecule has 3 N–H and O–H groups in total. The van der Waals surface area contributed by atoms with Gasteiger partial charge < -0.3 is 20.7 Å². The number of primary amides is 1. The van der Waals surface area contributed by atoms with Crippen LogP contribution in [0.15, 0.2) is 22.7 Å². The third-order valence-electron chi connectivity index (χ3n) is 3.51. The van der Waals surface area contributed by atoms with Crippen molar-refractivity contribution in [1.29, 1.82) is 0 Å². The molecule has 6 heteroatoms. The molecule has 0 spiro atoms. The molecule has 2 rings (SSSR count). The van der Waals surface area contributed by atoms with Crippen molar-refractivity contribution in [3.05, 3.63) is 28.2 Å². The van der Waals surface area contributed by atoms with Crippen LogP contribution < -0.4 is 16.0 Å². The van der Waals surface area contributed by atoms with Crippen molar-refractivity contribution in [2.24, 2.45) is 5.73 Å². The monoisotopic (exact) mass is 355 g/mol. The summed E-state index contributed by atoms with van der Waals surface area (Å²) >= 11 is 3.51. The second kappa shape index (κ2) is 7.24. The average molecular weight is 356 g/mol. The van der Waals surface area contributed by atoms with Crippen LogP contribution in [0.25, 0.3) is 0 Å². The SMILES string of the molecule is CC(C)NCc1ccc(Br)cc1N1CCOCC1C(N)=O. The maximum Gasteiger partial charge on any atom is 0.242 e. The smallest absolute Gasteiger partial charge is 0.242 e. The lowest BCUT2D eigenvalue weighted by molar-refractivity contribution is -0.121. The molecule has 21 heavy (non-hydrogen) atoms. The molecule has 1 aliphatic heterocycles. The highest BCUT2D eigenvalue weighted by molar-refractivity contribution is 9.10. The van der Waals surface area contributed by atoms with Gasteiger partial charge in [-0.25, -0.2) is 0 Å². The molecule has 0 bridgehead atoms. The quantitative estimate of drug-likeness (QED) is 0.842. The van der Waals surface area contributed by atoms with Crippen LogP contribution in [-0.4, -0.2) is 37.7 Å². The van der Waals surface area contributed by atoms with Gasteiger partial charge in [-0.2, -0.15) is 0 Å².